The zero-order valence-corrected chi connectivity index (χ0v) is 17.9. The third-order valence-corrected chi connectivity index (χ3v) is 5.43. The molecule has 1 amide bonds. The number of rotatable bonds is 7. The number of carbonyl (C=O) groups excluding carboxylic acids is 1. The van der Waals surface area contributed by atoms with Gasteiger partial charge in [-0.25, -0.2) is 9.97 Å². The molecule has 1 aliphatic rings. The molecule has 0 radical (unpaired) electrons. The van der Waals surface area contributed by atoms with Gasteiger partial charge in [0.2, 0.25) is 5.88 Å². The van der Waals surface area contributed by atoms with E-state index in [4.69, 9.17) is 9.26 Å². The van der Waals surface area contributed by atoms with Gasteiger partial charge in [0.1, 0.15) is 5.56 Å². The smallest absolute Gasteiger partial charge is 0.434 e. The van der Waals surface area contributed by atoms with Gasteiger partial charge in [-0.3, -0.25) is 9.78 Å². The molecule has 174 valence electrons. The molecule has 0 aromatic carbocycles. The SMILES string of the molecule is Cc1noc(Cc2cnc(C(F)(F)F)cn2)c1C(=O)Nc1ccc(OCC2CCCC2)nc1. The van der Waals surface area contributed by atoms with Crippen molar-refractivity contribution in [3.05, 3.63) is 59.1 Å². The molecule has 0 bridgehead atoms. The number of carbonyl (C=O) groups is 1. The number of nitrogens with zero attached hydrogens (tertiary/aromatic N) is 4. The number of ether oxygens (including phenoxy) is 1. The summed E-state index contributed by atoms with van der Waals surface area (Å²) >= 11 is 0. The van der Waals surface area contributed by atoms with Crippen molar-refractivity contribution in [1.29, 1.82) is 0 Å². The summed E-state index contributed by atoms with van der Waals surface area (Å²) in [5.74, 6) is 0.742. The molecule has 3 aromatic rings. The first-order valence-corrected chi connectivity index (χ1v) is 10.5. The molecule has 0 aliphatic heterocycles. The van der Waals surface area contributed by atoms with E-state index >= 15 is 0 Å². The average Bonchev–Trinajstić information content (AvgIpc) is 3.43. The molecule has 3 aromatic heterocycles. The molecule has 3 heterocycles. The van der Waals surface area contributed by atoms with Gasteiger partial charge in [-0.1, -0.05) is 18.0 Å². The first-order valence-electron chi connectivity index (χ1n) is 10.5. The Morgan fingerprint density at radius 1 is 1.15 bits per heavy atom. The van der Waals surface area contributed by atoms with E-state index in [0.717, 1.165) is 6.20 Å². The Kier molecular flexibility index (Phi) is 6.57. The summed E-state index contributed by atoms with van der Waals surface area (Å²) in [7, 11) is 0. The van der Waals surface area contributed by atoms with Crippen molar-refractivity contribution in [2.75, 3.05) is 11.9 Å². The first kappa shape index (κ1) is 22.7. The van der Waals surface area contributed by atoms with Crippen molar-refractivity contribution < 1.29 is 27.2 Å². The molecule has 0 unspecified atom stereocenters. The van der Waals surface area contributed by atoms with E-state index in [2.05, 4.69) is 25.4 Å². The van der Waals surface area contributed by atoms with Crippen LogP contribution in [0.5, 0.6) is 5.88 Å². The van der Waals surface area contributed by atoms with Gasteiger partial charge >= 0.3 is 6.18 Å². The number of aryl methyl sites for hydroxylation is 1. The van der Waals surface area contributed by atoms with E-state index in [1.54, 1.807) is 19.1 Å². The normalized spacial score (nSPS) is 14.4. The van der Waals surface area contributed by atoms with Crippen LogP contribution >= 0.6 is 0 Å². The fourth-order valence-electron chi connectivity index (χ4n) is 3.70. The van der Waals surface area contributed by atoms with E-state index in [0.29, 0.717) is 36.0 Å². The van der Waals surface area contributed by atoms with Crippen LogP contribution in [0.25, 0.3) is 0 Å². The molecule has 0 atom stereocenters. The molecule has 8 nitrogen and oxygen atoms in total. The van der Waals surface area contributed by atoms with Crippen LogP contribution in [0, 0.1) is 12.8 Å². The third-order valence-electron chi connectivity index (χ3n) is 5.43. The Labute approximate surface area is 187 Å². The fourth-order valence-corrected chi connectivity index (χ4v) is 3.70. The highest BCUT2D eigenvalue weighted by Crippen LogP contribution is 2.27. The molecular formula is C22H22F3N5O3. The monoisotopic (exact) mass is 461 g/mol. The van der Waals surface area contributed by atoms with Crippen molar-refractivity contribution in [2.24, 2.45) is 5.92 Å². The Morgan fingerprint density at radius 2 is 1.94 bits per heavy atom. The summed E-state index contributed by atoms with van der Waals surface area (Å²) in [6.07, 6.45) is 3.33. The van der Waals surface area contributed by atoms with Crippen molar-refractivity contribution in [2.45, 2.75) is 45.2 Å². The lowest BCUT2D eigenvalue weighted by atomic mass is 10.1. The number of anilines is 1. The minimum absolute atomic E-state index is 0.0407. The van der Waals surface area contributed by atoms with Gasteiger partial charge in [0, 0.05) is 12.3 Å². The van der Waals surface area contributed by atoms with E-state index in [9.17, 15) is 18.0 Å². The molecule has 1 aliphatic carbocycles. The second kappa shape index (κ2) is 9.55. The molecule has 0 spiro atoms. The highest BCUT2D eigenvalue weighted by atomic mass is 19.4. The summed E-state index contributed by atoms with van der Waals surface area (Å²) < 4.78 is 48.9. The second-order valence-corrected chi connectivity index (χ2v) is 7.93. The predicted molar refractivity (Wildman–Crippen MR) is 111 cm³/mol. The summed E-state index contributed by atoms with van der Waals surface area (Å²) in [5.41, 5.74) is 0.0824. The minimum atomic E-state index is -4.58. The number of amides is 1. The first-order chi connectivity index (χ1) is 15.8. The Hall–Kier alpha value is -3.50. The van der Waals surface area contributed by atoms with Crippen LogP contribution in [0.3, 0.4) is 0 Å². The lowest BCUT2D eigenvalue weighted by Crippen LogP contribution is -2.15. The van der Waals surface area contributed by atoms with Crippen LogP contribution < -0.4 is 10.1 Å². The fraction of sp³-hybridized carbons (Fsp3) is 0.409. The number of nitrogens with one attached hydrogen (secondary N) is 1. The van der Waals surface area contributed by atoms with Crippen LogP contribution in [-0.4, -0.2) is 32.6 Å². The molecule has 0 saturated heterocycles. The molecule has 4 rings (SSSR count). The van der Waals surface area contributed by atoms with Gasteiger partial charge in [-0.2, -0.15) is 13.2 Å². The van der Waals surface area contributed by atoms with Gasteiger partial charge < -0.3 is 14.6 Å². The van der Waals surface area contributed by atoms with Crippen molar-refractivity contribution >= 4 is 11.6 Å². The number of hydrogen-bond acceptors (Lipinski definition) is 7. The average molecular weight is 461 g/mol. The minimum Gasteiger partial charge on any atom is -0.477 e. The highest BCUT2D eigenvalue weighted by Gasteiger charge is 2.33. The maximum Gasteiger partial charge on any atom is 0.434 e. The Bertz CT molecular complexity index is 1090. The van der Waals surface area contributed by atoms with Crippen LogP contribution in [0.4, 0.5) is 18.9 Å². The van der Waals surface area contributed by atoms with Crippen LogP contribution in [0.2, 0.25) is 0 Å². The summed E-state index contributed by atoms with van der Waals surface area (Å²) in [6.45, 7) is 2.23. The number of aromatic nitrogens is 4. The molecular weight excluding hydrogens is 439 g/mol. The Balaban J connectivity index is 1.40. The topological polar surface area (TPSA) is 103 Å². The van der Waals surface area contributed by atoms with E-state index in [1.807, 2.05) is 0 Å². The van der Waals surface area contributed by atoms with E-state index < -0.39 is 17.8 Å². The lowest BCUT2D eigenvalue weighted by Gasteiger charge is -2.11. The van der Waals surface area contributed by atoms with Crippen LogP contribution in [0.1, 0.15) is 58.9 Å². The van der Waals surface area contributed by atoms with E-state index in [1.165, 1.54) is 31.9 Å². The van der Waals surface area contributed by atoms with Gasteiger partial charge in [0.15, 0.2) is 11.5 Å². The van der Waals surface area contributed by atoms with Gasteiger partial charge in [0.05, 0.1) is 42.5 Å². The van der Waals surface area contributed by atoms with Crippen molar-refractivity contribution in [3.8, 4) is 5.88 Å². The molecule has 1 saturated carbocycles. The quantitative estimate of drug-likeness (QED) is 0.549. The molecule has 11 heteroatoms. The molecule has 1 N–H and O–H groups in total. The van der Waals surface area contributed by atoms with Crippen LogP contribution in [0.15, 0.2) is 35.2 Å². The highest BCUT2D eigenvalue weighted by molar-refractivity contribution is 6.05. The third kappa shape index (κ3) is 5.65. The second-order valence-electron chi connectivity index (χ2n) is 7.93. The van der Waals surface area contributed by atoms with Gasteiger partial charge in [0.25, 0.3) is 5.91 Å². The van der Waals surface area contributed by atoms with Crippen LogP contribution in [-0.2, 0) is 12.6 Å². The number of halogens is 3. The largest absolute Gasteiger partial charge is 0.477 e. The number of pyridine rings is 1. The maximum atomic E-state index is 12.8. The standard InChI is InChI=1S/C22H22F3N5O3/c1-13-20(17(33-30-13)8-16-10-27-18(11-26-16)22(23,24)25)21(31)29-15-6-7-19(28-9-15)32-12-14-4-2-3-5-14/h6-7,9-11,14H,2-5,8,12H2,1H3,(H,29,31). The maximum absolute atomic E-state index is 12.8. The van der Waals surface area contributed by atoms with Gasteiger partial charge in [-0.05, 0) is 31.7 Å². The predicted octanol–water partition coefficient (Wildman–Crippen LogP) is 4.60. The lowest BCUT2D eigenvalue weighted by molar-refractivity contribution is -0.141. The summed E-state index contributed by atoms with van der Waals surface area (Å²) in [6, 6.07) is 3.36. The molecule has 1 fully saturated rings. The number of alkyl halides is 3. The number of hydrogen-bond donors (Lipinski definition) is 1. The van der Waals surface area contributed by atoms with E-state index in [-0.39, 0.29) is 23.4 Å². The summed E-state index contributed by atoms with van der Waals surface area (Å²) in [5, 5.41) is 6.53. The van der Waals surface area contributed by atoms with Gasteiger partial charge in [-0.15, -0.1) is 0 Å². The Morgan fingerprint density at radius 3 is 2.58 bits per heavy atom. The van der Waals surface area contributed by atoms with Crippen molar-refractivity contribution in [1.82, 2.24) is 20.1 Å². The zero-order valence-electron chi connectivity index (χ0n) is 17.9. The molecule has 33 heavy (non-hydrogen) atoms. The van der Waals surface area contributed by atoms with Crippen molar-refractivity contribution in [3.63, 3.8) is 0 Å². The summed E-state index contributed by atoms with van der Waals surface area (Å²) in [4.78, 5) is 24.2. The zero-order chi connectivity index (χ0) is 23.4.